The Labute approximate surface area is 119 Å². The minimum absolute atomic E-state index is 0.237. The molecule has 0 aliphatic rings. The van der Waals surface area contributed by atoms with Crippen LogP contribution in [0.3, 0.4) is 0 Å². The van der Waals surface area contributed by atoms with Crippen molar-refractivity contribution in [2.75, 3.05) is 0 Å². The molecule has 20 heavy (non-hydrogen) atoms. The second kappa shape index (κ2) is 5.03. The van der Waals surface area contributed by atoms with Crippen molar-refractivity contribution in [3.05, 3.63) is 58.3 Å². The van der Waals surface area contributed by atoms with Crippen molar-refractivity contribution in [3.63, 3.8) is 0 Å². The molecule has 3 rings (SSSR count). The van der Waals surface area contributed by atoms with Crippen LogP contribution < -0.4 is 0 Å². The van der Waals surface area contributed by atoms with Crippen molar-refractivity contribution in [1.82, 2.24) is 0 Å². The molecule has 0 radical (unpaired) electrons. The SMILES string of the molecule is Fc1c(F)c(F)c(-c2cccs2)c(-c2cccs2)c1F. The zero-order valence-corrected chi connectivity index (χ0v) is 11.4. The summed E-state index contributed by atoms with van der Waals surface area (Å²) in [6.07, 6.45) is 0. The van der Waals surface area contributed by atoms with Crippen LogP contribution in [0, 0.1) is 23.3 Å². The zero-order valence-electron chi connectivity index (χ0n) is 9.79. The lowest BCUT2D eigenvalue weighted by Crippen LogP contribution is -2.02. The average Bonchev–Trinajstić information content (AvgIpc) is 3.12. The van der Waals surface area contributed by atoms with Crippen LogP contribution >= 0.6 is 22.7 Å². The molecule has 102 valence electrons. The van der Waals surface area contributed by atoms with Crippen LogP contribution in [-0.2, 0) is 0 Å². The van der Waals surface area contributed by atoms with Gasteiger partial charge < -0.3 is 0 Å². The summed E-state index contributed by atoms with van der Waals surface area (Å²) in [5.74, 6) is -6.30. The smallest absolute Gasteiger partial charge is 0.198 e. The normalized spacial score (nSPS) is 11.0. The van der Waals surface area contributed by atoms with E-state index in [9.17, 15) is 17.6 Å². The molecule has 0 aliphatic heterocycles. The van der Waals surface area contributed by atoms with E-state index in [2.05, 4.69) is 0 Å². The molecule has 3 aromatic rings. The molecule has 0 unspecified atom stereocenters. The van der Waals surface area contributed by atoms with E-state index in [1.807, 2.05) is 0 Å². The number of hydrogen-bond acceptors (Lipinski definition) is 2. The van der Waals surface area contributed by atoms with Gasteiger partial charge >= 0.3 is 0 Å². The third-order valence-electron chi connectivity index (χ3n) is 2.80. The summed E-state index contributed by atoms with van der Waals surface area (Å²) in [5.41, 5.74) is -0.474. The highest BCUT2D eigenvalue weighted by Gasteiger charge is 2.27. The molecule has 0 aliphatic carbocycles. The summed E-state index contributed by atoms with van der Waals surface area (Å²) >= 11 is 2.27. The van der Waals surface area contributed by atoms with Crippen LogP contribution in [0.25, 0.3) is 20.9 Å². The largest absolute Gasteiger partial charge is 0.203 e. The van der Waals surface area contributed by atoms with Crippen molar-refractivity contribution in [2.24, 2.45) is 0 Å². The van der Waals surface area contributed by atoms with Gasteiger partial charge in [0.2, 0.25) is 0 Å². The Morgan fingerprint density at radius 2 is 1.00 bits per heavy atom. The molecule has 0 saturated carbocycles. The fourth-order valence-electron chi connectivity index (χ4n) is 1.94. The van der Waals surface area contributed by atoms with Crippen molar-refractivity contribution in [2.45, 2.75) is 0 Å². The number of hydrogen-bond donors (Lipinski definition) is 0. The maximum atomic E-state index is 14.1. The summed E-state index contributed by atoms with van der Waals surface area (Å²) in [7, 11) is 0. The van der Waals surface area contributed by atoms with E-state index in [0.717, 1.165) is 22.7 Å². The van der Waals surface area contributed by atoms with Gasteiger partial charge in [-0.2, -0.15) is 0 Å². The molecule has 6 heteroatoms. The maximum absolute atomic E-state index is 14.1. The highest BCUT2D eigenvalue weighted by molar-refractivity contribution is 7.14. The molecule has 0 nitrogen and oxygen atoms in total. The Hall–Kier alpha value is -1.66. The molecule has 0 amide bonds. The number of halogens is 4. The molecule has 0 fully saturated rings. The third-order valence-corrected chi connectivity index (χ3v) is 4.58. The van der Waals surface area contributed by atoms with Gasteiger partial charge in [-0.3, -0.25) is 0 Å². The second-order valence-electron chi connectivity index (χ2n) is 3.96. The van der Waals surface area contributed by atoms with Crippen LogP contribution in [-0.4, -0.2) is 0 Å². The Balaban J connectivity index is 2.43. The van der Waals surface area contributed by atoms with Crippen LogP contribution in [0.5, 0.6) is 0 Å². The first-order valence-electron chi connectivity index (χ1n) is 5.55. The van der Waals surface area contributed by atoms with Gasteiger partial charge in [-0.05, 0) is 22.9 Å². The number of benzene rings is 1. The van der Waals surface area contributed by atoms with Crippen LogP contribution in [0.2, 0.25) is 0 Å². The van der Waals surface area contributed by atoms with Crippen LogP contribution in [0.15, 0.2) is 35.0 Å². The molecular formula is C14H6F4S2. The molecule has 0 saturated heterocycles. The molecule has 2 aromatic heterocycles. The first kappa shape index (κ1) is 13.3. The summed E-state index contributed by atoms with van der Waals surface area (Å²) in [4.78, 5) is 0.701. The fraction of sp³-hybridized carbons (Fsp3) is 0. The summed E-state index contributed by atoms with van der Waals surface area (Å²) in [5, 5.41) is 3.32. The Bertz CT molecular complexity index is 681. The van der Waals surface area contributed by atoms with E-state index in [-0.39, 0.29) is 11.1 Å². The molecule has 1 aromatic carbocycles. The highest BCUT2D eigenvalue weighted by Crippen LogP contribution is 2.42. The fourth-order valence-corrected chi connectivity index (χ4v) is 3.48. The van der Waals surface area contributed by atoms with E-state index in [1.165, 1.54) is 12.1 Å². The van der Waals surface area contributed by atoms with Gasteiger partial charge in [-0.25, -0.2) is 17.6 Å². The first-order valence-corrected chi connectivity index (χ1v) is 7.31. The molecule has 0 spiro atoms. The monoisotopic (exact) mass is 314 g/mol. The predicted octanol–water partition coefficient (Wildman–Crippen LogP) is 5.70. The van der Waals surface area contributed by atoms with Gasteiger partial charge in [0.15, 0.2) is 23.3 Å². The quantitative estimate of drug-likeness (QED) is 0.323. The lowest BCUT2D eigenvalue weighted by atomic mass is 10.0. The zero-order chi connectivity index (χ0) is 14.3. The minimum Gasteiger partial charge on any atom is -0.203 e. The molecule has 2 heterocycles. The maximum Gasteiger partial charge on any atom is 0.198 e. The van der Waals surface area contributed by atoms with Gasteiger partial charge in [-0.1, -0.05) is 12.1 Å². The van der Waals surface area contributed by atoms with E-state index >= 15 is 0 Å². The van der Waals surface area contributed by atoms with E-state index in [4.69, 9.17) is 0 Å². The first-order chi connectivity index (χ1) is 9.61. The standard InChI is InChI=1S/C14H6F4S2/c15-11-9(7-3-1-5-19-7)10(8-4-2-6-20-8)12(16)14(18)13(11)17/h1-6H. The molecule has 0 N–H and O–H groups in total. The van der Waals surface area contributed by atoms with Crippen molar-refractivity contribution in [1.29, 1.82) is 0 Å². The summed E-state index contributed by atoms with van der Waals surface area (Å²) in [6.45, 7) is 0. The summed E-state index contributed by atoms with van der Waals surface area (Å²) in [6, 6.07) is 6.35. The molecular weight excluding hydrogens is 308 g/mol. The molecule has 0 atom stereocenters. The van der Waals surface area contributed by atoms with Gasteiger partial charge in [0.05, 0.1) is 0 Å². The molecule has 0 bridgehead atoms. The average molecular weight is 314 g/mol. The van der Waals surface area contributed by atoms with Crippen molar-refractivity contribution < 1.29 is 17.6 Å². The van der Waals surface area contributed by atoms with Gasteiger partial charge in [0.1, 0.15) is 0 Å². The number of rotatable bonds is 2. The number of thiophene rings is 2. The third kappa shape index (κ3) is 1.96. The second-order valence-corrected chi connectivity index (χ2v) is 5.86. The van der Waals surface area contributed by atoms with Crippen molar-refractivity contribution >= 4 is 22.7 Å². The lowest BCUT2D eigenvalue weighted by Gasteiger charge is -2.11. The van der Waals surface area contributed by atoms with Gasteiger partial charge in [0.25, 0.3) is 0 Å². The lowest BCUT2D eigenvalue weighted by molar-refractivity contribution is 0.412. The summed E-state index contributed by atoms with van der Waals surface area (Å²) < 4.78 is 55.1. The van der Waals surface area contributed by atoms with Crippen molar-refractivity contribution in [3.8, 4) is 20.9 Å². The van der Waals surface area contributed by atoms with E-state index in [1.54, 1.807) is 22.9 Å². The van der Waals surface area contributed by atoms with E-state index in [0.29, 0.717) is 9.75 Å². The highest BCUT2D eigenvalue weighted by atomic mass is 32.1. The van der Waals surface area contributed by atoms with Gasteiger partial charge in [0, 0.05) is 20.9 Å². The Morgan fingerprint density at radius 1 is 0.600 bits per heavy atom. The Morgan fingerprint density at radius 3 is 1.30 bits per heavy atom. The van der Waals surface area contributed by atoms with E-state index < -0.39 is 23.3 Å². The van der Waals surface area contributed by atoms with Gasteiger partial charge in [-0.15, -0.1) is 22.7 Å². The topological polar surface area (TPSA) is 0 Å². The predicted molar refractivity (Wildman–Crippen MR) is 72.9 cm³/mol. The minimum atomic E-state index is -1.79. The van der Waals surface area contributed by atoms with Crippen LogP contribution in [0.1, 0.15) is 0 Å². The van der Waals surface area contributed by atoms with Crippen LogP contribution in [0.4, 0.5) is 17.6 Å². The Kier molecular flexibility index (Phi) is 3.35.